The summed E-state index contributed by atoms with van der Waals surface area (Å²) >= 11 is 5.91. The van der Waals surface area contributed by atoms with Crippen LogP contribution in [0.3, 0.4) is 0 Å². The summed E-state index contributed by atoms with van der Waals surface area (Å²) in [4.78, 5) is 10.6. The second-order valence-electron chi connectivity index (χ2n) is 3.67. The first kappa shape index (κ1) is 12.5. The van der Waals surface area contributed by atoms with Crippen molar-refractivity contribution >= 4 is 17.6 Å². The number of rotatable bonds is 3. The molecule has 0 aliphatic carbocycles. The van der Waals surface area contributed by atoms with Gasteiger partial charge in [-0.2, -0.15) is 0 Å². The fraction of sp³-hybridized carbons (Fsp3) is 0.182. The standard InChI is InChI=1S/C11H9ClFN3O2/c1-6-9(5-10(17)18)14-15-16(6)11-7(12)3-2-4-8(11)13/h2-4H,5H2,1H3,(H,17,18). The van der Waals surface area contributed by atoms with E-state index in [4.69, 9.17) is 16.7 Å². The summed E-state index contributed by atoms with van der Waals surface area (Å²) in [6.07, 6.45) is -0.266. The number of carbonyl (C=O) groups is 1. The second-order valence-corrected chi connectivity index (χ2v) is 4.08. The number of aromatic nitrogens is 3. The first-order chi connectivity index (χ1) is 8.50. The maximum Gasteiger partial charge on any atom is 0.309 e. The van der Waals surface area contributed by atoms with Gasteiger partial charge in [-0.05, 0) is 19.1 Å². The Balaban J connectivity index is 2.52. The minimum Gasteiger partial charge on any atom is -0.481 e. The van der Waals surface area contributed by atoms with Crippen LogP contribution in [0.25, 0.3) is 5.69 Å². The van der Waals surface area contributed by atoms with Crippen LogP contribution in [0.5, 0.6) is 0 Å². The number of para-hydroxylation sites is 1. The van der Waals surface area contributed by atoms with Gasteiger partial charge in [-0.3, -0.25) is 4.79 Å². The van der Waals surface area contributed by atoms with E-state index in [0.717, 1.165) is 0 Å². The van der Waals surface area contributed by atoms with E-state index in [9.17, 15) is 9.18 Å². The topological polar surface area (TPSA) is 68.0 Å². The van der Waals surface area contributed by atoms with E-state index in [-0.39, 0.29) is 22.8 Å². The van der Waals surface area contributed by atoms with Crippen LogP contribution in [0.2, 0.25) is 5.02 Å². The summed E-state index contributed by atoms with van der Waals surface area (Å²) < 4.78 is 14.9. The zero-order valence-electron chi connectivity index (χ0n) is 9.39. The molecule has 0 amide bonds. The minimum atomic E-state index is -1.02. The van der Waals surface area contributed by atoms with Gasteiger partial charge in [-0.25, -0.2) is 9.07 Å². The Morgan fingerprint density at radius 3 is 2.89 bits per heavy atom. The molecule has 0 bridgehead atoms. The molecule has 2 rings (SSSR count). The van der Waals surface area contributed by atoms with E-state index in [1.54, 1.807) is 6.92 Å². The van der Waals surface area contributed by atoms with Crippen LogP contribution in [-0.2, 0) is 11.2 Å². The molecule has 7 heteroatoms. The Kier molecular flexibility index (Phi) is 3.29. The van der Waals surface area contributed by atoms with Gasteiger partial charge in [0, 0.05) is 0 Å². The molecule has 0 unspecified atom stereocenters. The molecule has 94 valence electrons. The Morgan fingerprint density at radius 1 is 1.56 bits per heavy atom. The van der Waals surface area contributed by atoms with Crippen molar-refractivity contribution in [2.75, 3.05) is 0 Å². The van der Waals surface area contributed by atoms with Crippen molar-refractivity contribution < 1.29 is 14.3 Å². The van der Waals surface area contributed by atoms with Gasteiger partial charge in [0.2, 0.25) is 0 Å². The molecule has 18 heavy (non-hydrogen) atoms. The zero-order valence-corrected chi connectivity index (χ0v) is 10.1. The number of halogens is 2. The van der Waals surface area contributed by atoms with Crippen molar-refractivity contribution in [2.45, 2.75) is 13.3 Å². The fourth-order valence-electron chi connectivity index (χ4n) is 1.57. The van der Waals surface area contributed by atoms with Crippen molar-refractivity contribution in [2.24, 2.45) is 0 Å². The number of carboxylic acids is 1. The number of hydrogen-bond donors (Lipinski definition) is 1. The Hall–Kier alpha value is -1.95. The first-order valence-corrected chi connectivity index (χ1v) is 5.46. The van der Waals surface area contributed by atoms with Gasteiger partial charge in [-0.15, -0.1) is 5.10 Å². The molecule has 0 saturated heterocycles. The van der Waals surface area contributed by atoms with Gasteiger partial charge in [0.15, 0.2) is 0 Å². The molecule has 0 spiro atoms. The smallest absolute Gasteiger partial charge is 0.309 e. The number of aliphatic carboxylic acids is 1. The summed E-state index contributed by atoms with van der Waals surface area (Å²) in [6.45, 7) is 1.61. The largest absolute Gasteiger partial charge is 0.481 e. The molecule has 1 aromatic carbocycles. The molecular weight excluding hydrogens is 261 g/mol. The third-order valence-corrected chi connectivity index (χ3v) is 2.76. The van der Waals surface area contributed by atoms with Crippen molar-refractivity contribution in [3.8, 4) is 5.69 Å². The predicted octanol–water partition coefficient (Wildman–Crippen LogP) is 2.00. The van der Waals surface area contributed by atoms with Crippen LogP contribution in [0.4, 0.5) is 4.39 Å². The molecule has 1 heterocycles. The minimum absolute atomic E-state index is 0.0702. The van der Waals surface area contributed by atoms with E-state index >= 15 is 0 Å². The van der Waals surface area contributed by atoms with E-state index < -0.39 is 11.8 Å². The highest BCUT2D eigenvalue weighted by molar-refractivity contribution is 6.32. The first-order valence-electron chi connectivity index (χ1n) is 5.08. The summed E-state index contributed by atoms with van der Waals surface area (Å²) in [5.41, 5.74) is 0.798. The van der Waals surface area contributed by atoms with Crippen molar-refractivity contribution in [3.05, 3.63) is 40.4 Å². The average Bonchev–Trinajstić information content (AvgIpc) is 2.61. The quantitative estimate of drug-likeness (QED) is 0.925. The van der Waals surface area contributed by atoms with Crippen LogP contribution in [-0.4, -0.2) is 26.1 Å². The van der Waals surface area contributed by atoms with Crippen LogP contribution < -0.4 is 0 Å². The lowest BCUT2D eigenvalue weighted by Gasteiger charge is -2.06. The highest BCUT2D eigenvalue weighted by atomic mass is 35.5. The molecule has 0 saturated carbocycles. The van der Waals surface area contributed by atoms with Gasteiger partial charge in [-0.1, -0.05) is 22.9 Å². The molecule has 0 fully saturated rings. The molecule has 0 atom stereocenters. The van der Waals surface area contributed by atoms with Gasteiger partial charge in [0.25, 0.3) is 0 Å². The Labute approximate surface area is 107 Å². The molecule has 5 nitrogen and oxygen atoms in total. The third kappa shape index (κ3) is 2.19. The van der Waals surface area contributed by atoms with E-state index in [1.165, 1.54) is 22.9 Å². The second kappa shape index (κ2) is 4.73. The summed E-state index contributed by atoms with van der Waals surface area (Å²) in [7, 11) is 0. The average molecular weight is 270 g/mol. The number of benzene rings is 1. The van der Waals surface area contributed by atoms with Gasteiger partial charge in [0.05, 0.1) is 22.8 Å². The van der Waals surface area contributed by atoms with Crippen LogP contribution in [0, 0.1) is 12.7 Å². The molecule has 0 aliphatic rings. The normalized spacial score (nSPS) is 10.6. The maximum absolute atomic E-state index is 13.7. The van der Waals surface area contributed by atoms with E-state index in [2.05, 4.69) is 10.3 Å². The predicted molar refractivity (Wildman–Crippen MR) is 62.4 cm³/mol. The highest BCUT2D eigenvalue weighted by Gasteiger charge is 2.17. The summed E-state index contributed by atoms with van der Waals surface area (Å²) in [5.74, 6) is -1.57. The zero-order chi connectivity index (χ0) is 13.3. The Bertz CT molecular complexity index is 592. The lowest BCUT2D eigenvalue weighted by molar-refractivity contribution is -0.136. The van der Waals surface area contributed by atoms with Crippen LogP contribution >= 0.6 is 11.6 Å². The Morgan fingerprint density at radius 2 is 2.28 bits per heavy atom. The van der Waals surface area contributed by atoms with E-state index in [0.29, 0.717) is 5.69 Å². The number of nitrogens with zero attached hydrogens (tertiary/aromatic N) is 3. The number of hydrogen-bond acceptors (Lipinski definition) is 3. The lowest BCUT2D eigenvalue weighted by atomic mass is 10.2. The maximum atomic E-state index is 13.7. The van der Waals surface area contributed by atoms with Crippen molar-refractivity contribution in [1.29, 1.82) is 0 Å². The van der Waals surface area contributed by atoms with Gasteiger partial charge >= 0.3 is 5.97 Å². The van der Waals surface area contributed by atoms with Crippen molar-refractivity contribution in [1.82, 2.24) is 15.0 Å². The van der Waals surface area contributed by atoms with E-state index in [1.807, 2.05) is 0 Å². The van der Waals surface area contributed by atoms with Gasteiger partial charge in [0.1, 0.15) is 11.5 Å². The van der Waals surface area contributed by atoms with Crippen LogP contribution in [0.15, 0.2) is 18.2 Å². The van der Waals surface area contributed by atoms with Crippen LogP contribution in [0.1, 0.15) is 11.4 Å². The third-order valence-electron chi connectivity index (χ3n) is 2.46. The SMILES string of the molecule is Cc1c(CC(=O)O)nnn1-c1c(F)cccc1Cl. The molecule has 2 aromatic rings. The summed E-state index contributed by atoms with van der Waals surface area (Å²) in [5, 5.41) is 16.3. The molecular formula is C11H9ClFN3O2. The molecule has 1 aromatic heterocycles. The van der Waals surface area contributed by atoms with Crippen molar-refractivity contribution in [3.63, 3.8) is 0 Å². The molecule has 0 aliphatic heterocycles. The monoisotopic (exact) mass is 269 g/mol. The molecule has 0 radical (unpaired) electrons. The summed E-state index contributed by atoms with van der Waals surface area (Å²) in [6, 6.07) is 4.25. The fourth-order valence-corrected chi connectivity index (χ4v) is 1.81. The lowest BCUT2D eigenvalue weighted by Crippen LogP contribution is -2.05. The highest BCUT2D eigenvalue weighted by Crippen LogP contribution is 2.24. The number of carboxylic acid groups (broad SMARTS) is 1. The molecule has 1 N–H and O–H groups in total. The van der Waals surface area contributed by atoms with Gasteiger partial charge < -0.3 is 5.11 Å².